The second kappa shape index (κ2) is 6.28. The monoisotopic (exact) mass is 308 g/mol. The van der Waals surface area contributed by atoms with E-state index in [0.717, 1.165) is 50.1 Å². The Labute approximate surface area is 130 Å². The summed E-state index contributed by atoms with van der Waals surface area (Å²) in [6.45, 7) is 3.76. The van der Waals surface area contributed by atoms with Crippen molar-refractivity contribution in [3.05, 3.63) is 29.6 Å². The largest absolute Gasteiger partial charge is 0.376 e. The molecule has 2 atom stereocenters. The molecular weight excluding hydrogens is 287 g/mol. The number of aryl methyl sites for hydroxylation is 1. The second-order valence-corrected chi connectivity index (χ2v) is 6.24. The maximum atomic E-state index is 13.4. The maximum Gasteiger partial charge on any atom is 0.173 e. The number of hydrogen-bond donors (Lipinski definition) is 1. The molecule has 114 valence electrons. The van der Waals surface area contributed by atoms with Gasteiger partial charge < -0.3 is 15.0 Å². The Morgan fingerprint density at radius 2 is 2.33 bits per heavy atom. The van der Waals surface area contributed by atoms with Gasteiger partial charge in [0, 0.05) is 24.9 Å². The quantitative estimate of drug-likeness (QED) is 0.849. The highest BCUT2D eigenvalue weighted by Gasteiger charge is 2.27. The van der Waals surface area contributed by atoms with Crippen molar-refractivity contribution in [1.82, 2.24) is 5.32 Å². The predicted molar refractivity (Wildman–Crippen MR) is 86.2 cm³/mol. The molecule has 0 unspecified atom stereocenters. The minimum Gasteiger partial charge on any atom is -0.376 e. The topological polar surface area (TPSA) is 24.5 Å². The third kappa shape index (κ3) is 3.19. The molecule has 2 heterocycles. The summed E-state index contributed by atoms with van der Waals surface area (Å²) in [4.78, 5) is 2.11. The number of ether oxygens (including phenoxy) is 1. The van der Waals surface area contributed by atoms with Crippen molar-refractivity contribution in [2.45, 2.75) is 44.8 Å². The first-order valence-corrected chi connectivity index (χ1v) is 8.03. The van der Waals surface area contributed by atoms with Crippen molar-refractivity contribution in [3.63, 3.8) is 0 Å². The number of halogens is 1. The first-order valence-electron chi connectivity index (χ1n) is 7.62. The summed E-state index contributed by atoms with van der Waals surface area (Å²) in [7, 11) is 0. The number of hydrogen-bond acceptors (Lipinski definition) is 2. The molecule has 0 spiro atoms. The van der Waals surface area contributed by atoms with Crippen LogP contribution in [0.2, 0.25) is 0 Å². The van der Waals surface area contributed by atoms with Crippen molar-refractivity contribution in [2.24, 2.45) is 0 Å². The highest BCUT2D eigenvalue weighted by atomic mass is 32.1. The minimum atomic E-state index is -0.179. The van der Waals surface area contributed by atoms with Gasteiger partial charge in [0.25, 0.3) is 0 Å². The first kappa shape index (κ1) is 14.7. The van der Waals surface area contributed by atoms with Crippen molar-refractivity contribution < 1.29 is 9.13 Å². The van der Waals surface area contributed by atoms with Gasteiger partial charge >= 0.3 is 0 Å². The molecule has 1 N–H and O–H groups in total. The lowest BCUT2D eigenvalue weighted by molar-refractivity contribution is 0.114. The maximum absolute atomic E-state index is 13.4. The van der Waals surface area contributed by atoms with Gasteiger partial charge in [-0.2, -0.15) is 0 Å². The highest BCUT2D eigenvalue weighted by Crippen LogP contribution is 2.31. The Balaban J connectivity index is 1.72. The summed E-state index contributed by atoms with van der Waals surface area (Å²) in [5.74, 6) is -0.179. The molecule has 5 heteroatoms. The van der Waals surface area contributed by atoms with E-state index in [1.165, 1.54) is 6.07 Å². The molecule has 0 aliphatic carbocycles. The number of benzene rings is 1. The summed E-state index contributed by atoms with van der Waals surface area (Å²) in [6.07, 6.45) is 4.36. The van der Waals surface area contributed by atoms with Crippen molar-refractivity contribution >= 4 is 23.0 Å². The van der Waals surface area contributed by atoms with E-state index < -0.39 is 0 Å². The van der Waals surface area contributed by atoms with E-state index in [1.54, 1.807) is 6.07 Å². The van der Waals surface area contributed by atoms with Crippen LogP contribution in [0.3, 0.4) is 0 Å². The Morgan fingerprint density at radius 1 is 1.48 bits per heavy atom. The van der Waals surface area contributed by atoms with E-state index in [9.17, 15) is 4.39 Å². The van der Waals surface area contributed by atoms with E-state index in [-0.39, 0.29) is 11.9 Å². The van der Waals surface area contributed by atoms with Crippen LogP contribution in [0.25, 0.3) is 0 Å². The molecule has 1 aromatic carbocycles. The third-order valence-corrected chi connectivity index (χ3v) is 4.64. The standard InChI is InChI=1S/C16H21FN2OS/c1-11-4-5-12-9-13(17)6-7-15(12)19(11)16(21)18-10-14-3-2-8-20-14/h6-7,9,11,14H,2-5,8,10H2,1H3,(H,18,21)/t11-,14+/m0/s1. The van der Waals surface area contributed by atoms with E-state index in [2.05, 4.69) is 17.1 Å². The number of nitrogens with one attached hydrogen (secondary N) is 1. The van der Waals surface area contributed by atoms with Gasteiger partial charge in [-0.15, -0.1) is 0 Å². The third-order valence-electron chi connectivity index (χ3n) is 4.30. The average molecular weight is 308 g/mol. The molecule has 3 rings (SSSR count). The fourth-order valence-corrected chi connectivity index (χ4v) is 3.48. The van der Waals surface area contributed by atoms with Crippen LogP contribution in [0.1, 0.15) is 31.7 Å². The molecule has 1 aromatic rings. The first-order chi connectivity index (χ1) is 10.1. The molecule has 0 radical (unpaired) electrons. The molecule has 1 fully saturated rings. The zero-order valence-electron chi connectivity index (χ0n) is 12.3. The van der Waals surface area contributed by atoms with E-state index >= 15 is 0 Å². The summed E-state index contributed by atoms with van der Waals surface area (Å²) >= 11 is 5.56. The van der Waals surface area contributed by atoms with Crippen LogP contribution in [0, 0.1) is 5.82 Å². The van der Waals surface area contributed by atoms with Crippen LogP contribution in [0.15, 0.2) is 18.2 Å². The van der Waals surface area contributed by atoms with Gasteiger partial charge in [-0.05, 0) is 68.6 Å². The SMILES string of the molecule is C[C@H]1CCc2cc(F)ccc2N1C(=S)NC[C@H]1CCCO1. The number of nitrogens with zero attached hydrogens (tertiary/aromatic N) is 1. The lowest BCUT2D eigenvalue weighted by Crippen LogP contribution is -2.49. The summed E-state index contributed by atoms with van der Waals surface area (Å²) in [5.41, 5.74) is 2.06. The molecule has 3 nitrogen and oxygen atoms in total. The number of thiocarbonyl (C=S) groups is 1. The zero-order chi connectivity index (χ0) is 14.8. The lowest BCUT2D eigenvalue weighted by Gasteiger charge is -2.37. The fraction of sp³-hybridized carbons (Fsp3) is 0.562. The molecule has 0 saturated carbocycles. The van der Waals surface area contributed by atoms with Gasteiger partial charge in [0.1, 0.15) is 5.82 Å². The predicted octanol–water partition coefficient (Wildman–Crippen LogP) is 3.02. The Kier molecular flexibility index (Phi) is 4.40. The van der Waals surface area contributed by atoms with Gasteiger partial charge in [0.05, 0.1) is 6.10 Å². The van der Waals surface area contributed by atoms with Crippen molar-refractivity contribution in [1.29, 1.82) is 0 Å². The van der Waals surface area contributed by atoms with Gasteiger partial charge in [-0.1, -0.05) is 0 Å². The number of anilines is 1. The van der Waals surface area contributed by atoms with Crippen molar-refractivity contribution in [3.8, 4) is 0 Å². The van der Waals surface area contributed by atoms with Crippen LogP contribution in [-0.2, 0) is 11.2 Å². The number of fused-ring (bicyclic) bond motifs is 1. The minimum absolute atomic E-state index is 0.179. The molecule has 0 amide bonds. The molecule has 0 aromatic heterocycles. The van der Waals surface area contributed by atoms with E-state index in [4.69, 9.17) is 17.0 Å². The Hall–Kier alpha value is -1.20. The van der Waals surface area contributed by atoms with Crippen LogP contribution < -0.4 is 10.2 Å². The normalized spacial score (nSPS) is 24.8. The second-order valence-electron chi connectivity index (χ2n) is 5.85. The van der Waals surface area contributed by atoms with Crippen LogP contribution >= 0.6 is 12.2 Å². The number of rotatable bonds is 2. The zero-order valence-corrected chi connectivity index (χ0v) is 13.1. The lowest BCUT2D eigenvalue weighted by atomic mass is 9.97. The van der Waals surface area contributed by atoms with Gasteiger partial charge in [0.15, 0.2) is 5.11 Å². The average Bonchev–Trinajstić information content (AvgIpc) is 2.98. The molecular formula is C16H21FN2OS. The van der Waals surface area contributed by atoms with Gasteiger partial charge in [0.2, 0.25) is 0 Å². The molecule has 0 bridgehead atoms. The summed E-state index contributed by atoms with van der Waals surface area (Å²) < 4.78 is 19.0. The van der Waals surface area contributed by atoms with Crippen molar-refractivity contribution in [2.75, 3.05) is 18.1 Å². The van der Waals surface area contributed by atoms with Gasteiger partial charge in [-0.3, -0.25) is 0 Å². The van der Waals surface area contributed by atoms with Gasteiger partial charge in [-0.25, -0.2) is 4.39 Å². The van der Waals surface area contributed by atoms with Crippen LogP contribution in [0.5, 0.6) is 0 Å². The Morgan fingerprint density at radius 3 is 3.10 bits per heavy atom. The summed E-state index contributed by atoms with van der Waals surface area (Å²) in [5, 5.41) is 4.03. The Bertz CT molecular complexity index is 531. The molecule has 21 heavy (non-hydrogen) atoms. The van der Waals surface area contributed by atoms with E-state index in [0.29, 0.717) is 11.2 Å². The fourth-order valence-electron chi connectivity index (χ4n) is 3.12. The van der Waals surface area contributed by atoms with Crippen LogP contribution in [-0.4, -0.2) is 30.4 Å². The molecule has 2 aliphatic rings. The molecule has 1 saturated heterocycles. The highest BCUT2D eigenvalue weighted by molar-refractivity contribution is 7.80. The van der Waals surface area contributed by atoms with E-state index in [1.807, 2.05) is 6.07 Å². The van der Waals surface area contributed by atoms with Crippen LogP contribution in [0.4, 0.5) is 10.1 Å². The summed E-state index contributed by atoms with van der Waals surface area (Å²) in [6, 6.07) is 5.29. The smallest absolute Gasteiger partial charge is 0.173 e. The molecule has 2 aliphatic heterocycles.